The van der Waals surface area contributed by atoms with Crippen molar-refractivity contribution in [2.45, 2.75) is 0 Å². The largest absolute Gasteiger partial charge is 0.335 e. The quantitative estimate of drug-likeness (QED) is 0.847. The first-order valence-electron chi connectivity index (χ1n) is 7.74. The van der Waals surface area contributed by atoms with Crippen molar-refractivity contribution < 1.29 is 9.59 Å². The molecule has 0 radical (unpaired) electrons. The Labute approximate surface area is 153 Å². The number of carbonyl (C=O) groups excluding carboxylic acids is 2. The second kappa shape index (κ2) is 7.92. The fourth-order valence-electron chi connectivity index (χ4n) is 2.62. The van der Waals surface area contributed by atoms with Gasteiger partial charge in [0.2, 0.25) is 5.91 Å². The summed E-state index contributed by atoms with van der Waals surface area (Å²) in [6, 6.07) is 13.2. The van der Waals surface area contributed by atoms with Gasteiger partial charge in [-0.15, -0.1) is 11.3 Å². The van der Waals surface area contributed by atoms with E-state index in [0.717, 1.165) is 14.4 Å². The van der Waals surface area contributed by atoms with Crippen molar-refractivity contribution in [3.05, 3.63) is 51.1 Å². The zero-order valence-corrected chi connectivity index (χ0v) is 15.5. The van der Waals surface area contributed by atoms with Gasteiger partial charge in [0, 0.05) is 31.9 Å². The Morgan fingerprint density at radius 3 is 2.38 bits per heavy atom. The van der Waals surface area contributed by atoms with Crippen molar-refractivity contribution >= 4 is 44.8 Å². The van der Waals surface area contributed by atoms with Crippen LogP contribution < -0.4 is 5.32 Å². The van der Waals surface area contributed by atoms with Gasteiger partial charge in [-0.1, -0.05) is 18.2 Å². The summed E-state index contributed by atoms with van der Waals surface area (Å²) in [5.74, 6) is 0.0438. The van der Waals surface area contributed by atoms with E-state index in [4.69, 9.17) is 0 Å². The first-order valence-corrected chi connectivity index (χ1v) is 9.34. The molecule has 0 bridgehead atoms. The zero-order valence-electron chi connectivity index (χ0n) is 13.1. The highest BCUT2D eigenvalue weighted by Gasteiger charge is 2.24. The maximum absolute atomic E-state index is 12.4. The Morgan fingerprint density at radius 1 is 1.04 bits per heavy atom. The third kappa shape index (κ3) is 4.43. The van der Waals surface area contributed by atoms with Gasteiger partial charge in [-0.3, -0.25) is 14.5 Å². The lowest BCUT2D eigenvalue weighted by Crippen LogP contribution is -2.50. The summed E-state index contributed by atoms with van der Waals surface area (Å²) in [5, 5.41) is 2.89. The SMILES string of the molecule is O=C(CN1CCN(C(=O)c2ccc(Br)s2)CC1)Nc1ccccc1. The number of thiophene rings is 1. The highest BCUT2D eigenvalue weighted by molar-refractivity contribution is 9.11. The van der Waals surface area contributed by atoms with E-state index >= 15 is 0 Å². The molecule has 1 aromatic heterocycles. The van der Waals surface area contributed by atoms with Crippen LogP contribution in [0.15, 0.2) is 46.3 Å². The molecule has 2 amide bonds. The molecule has 0 unspecified atom stereocenters. The molecule has 1 aliphatic heterocycles. The van der Waals surface area contributed by atoms with Crippen LogP contribution in [0.1, 0.15) is 9.67 Å². The number of carbonyl (C=O) groups is 2. The summed E-state index contributed by atoms with van der Waals surface area (Å²) in [5.41, 5.74) is 0.805. The molecule has 126 valence electrons. The monoisotopic (exact) mass is 407 g/mol. The second-order valence-electron chi connectivity index (χ2n) is 5.59. The number of hydrogen-bond acceptors (Lipinski definition) is 4. The van der Waals surface area contributed by atoms with E-state index in [1.807, 2.05) is 47.4 Å². The number of benzene rings is 1. The number of rotatable bonds is 4. The zero-order chi connectivity index (χ0) is 16.9. The Morgan fingerprint density at radius 2 is 1.75 bits per heavy atom. The van der Waals surface area contributed by atoms with Crippen LogP contribution >= 0.6 is 27.3 Å². The van der Waals surface area contributed by atoms with Gasteiger partial charge in [0.1, 0.15) is 0 Å². The number of amides is 2. The molecule has 0 saturated carbocycles. The van der Waals surface area contributed by atoms with Crippen LogP contribution in [-0.4, -0.2) is 54.3 Å². The molecule has 5 nitrogen and oxygen atoms in total. The molecule has 2 aromatic rings. The number of nitrogens with one attached hydrogen (secondary N) is 1. The average Bonchev–Trinajstić information content (AvgIpc) is 3.02. The molecule has 1 saturated heterocycles. The highest BCUT2D eigenvalue weighted by Crippen LogP contribution is 2.23. The maximum atomic E-state index is 12.4. The van der Waals surface area contributed by atoms with Gasteiger partial charge in [-0.2, -0.15) is 0 Å². The molecule has 3 rings (SSSR count). The highest BCUT2D eigenvalue weighted by atomic mass is 79.9. The molecular formula is C17H18BrN3O2S. The van der Waals surface area contributed by atoms with Crippen molar-refractivity contribution in [2.75, 3.05) is 38.0 Å². The molecule has 0 atom stereocenters. The minimum absolute atomic E-state index is 0.0248. The smallest absolute Gasteiger partial charge is 0.264 e. The van der Waals surface area contributed by atoms with Crippen LogP contribution in [0, 0.1) is 0 Å². The van der Waals surface area contributed by atoms with Crippen molar-refractivity contribution in [2.24, 2.45) is 0 Å². The molecule has 1 aliphatic rings. The van der Waals surface area contributed by atoms with Crippen molar-refractivity contribution in [3.63, 3.8) is 0 Å². The lowest BCUT2D eigenvalue weighted by molar-refractivity contribution is -0.117. The van der Waals surface area contributed by atoms with E-state index < -0.39 is 0 Å². The van der Waals surface area contributed by atoms with E-state index in [-0.39, 0.29) is 11.8 Å². The number of nitrogens with zero attached hydrogens (tertiary/aromatic N) is 2. The number of halogens is 1. The standard InChI is InChI=1S/C17H18BrN3O2S/c18-15-7-6-14(24-15)17(23)21-10-8-20(9-11-21)12-16(22)19-13-4-2-1-3-5-13/h1-7H,8-12H2,(H,19,22). The van der Waals surface area contributed by atoms with Gasteiger partial charge < -0.3 is 10.2 Å². The number of para-hydroxylation sites is 1. The van der Waals surface area contributed by atoms with Gasteiger partial charge in [-0.05, 0) is 40.2 Å². The predicted octanol–water partition coefficient (Wildman–Crippen LogP) is 2.91. The molecular weight excluding hydrogens is 390 g/mol. The lowest BCUT2D eigenvalue weighted by atomic mass is 10.2. The number of anilines is 1. The van der Waals surface area contributed by atoms with Gasteiger partial charge in [0.05, 0.1) is 15.2 Å². The van der Waals surface area contributed by atoms with E-state index in [2.05, 4.69) is 26.1 Å². The fourth-order valence-corrected chi connectivity index (χ4v) is 3.97. The van der Waals surface area contributed by atoms with Crippen molar-refractivity contribution in [3.8, 4) is 0 Å². The van der Waals surface area contributed by atoms with E-state index in [0.29, 0.717) is 32.7 Å². The van der Waals surface area contributed by atoms with E-state index in [1.54, 1.807) is 0 Å². The summed E-state index contributed by atoms with van der Waals surface area (Å²) >= 11 is 4.83. The van der Waals surface area contributed by atoms with Gasteiger partial charge >= 0.3 is 0 Å². The Balaban J connectivity index is 1.46. The number of piperazine rings is 1. The fraction of sp³-hybridized carbons (Fsp3) is 0.294. The van der Waals surface area contributed by atoms with Crippen LogP contribution in [0.25, 0.3) is 0 Å². The summed E-state index contributed by atoms with van der Waals surface area (Å²) in [6.45, 7) is 3.06. The van der Waals surface area contributed by atoms with Crippen molar-refractivity contribution in [1.82, 2.24) is 9.80 Å². The molecule has 24 heavy (non-hydrogen) atoms. The first-order chi connectivity index (χ1) is 11.6. The van der Waals surface area contributed by atoms with Crippen LogP contribution in [0.5, 0.6) is 0 Å². The predicted molar refractivity (Wildman–Crippen MR) is 99.4 cm³/mol. The maximum Gasteiger partial charge on any atom is 0.264 e. The van der Waals surface area contributed by atoms with Crippen LogP contribution in [-0.2, 0) is 4.79 Å². The molecule has 2 heterocycles. The van der Waals surface area contributed by atoms with E-state index in [9.17, 15) is 9.59 Å². The molecule has 1 fully saturated rings. The van der Waals surface area contributed by atoms with Crippen LogP contribution in [0.2, 0.25) is 0 Å². The Hall–Kier alpha value is -1.70. The number of hydrogen-bond donors (Lipinski definition) is 1. The molecule has 7 heteroatoms. The summed E-state index contributed by atoms with van der Waals surface area (Å²) in [6.07, 6.45) is 0. The Kier molecular flexibility index (Phi) is 5.65. The van der Waals surface area contributed by atoms with E-state index in [1.165, 1.54) is 11.3 Å². The molecule has 1 N–H and O–H groups in total. The van der Waals surface area contributed by atoms with Crippen LogP contribution in [0.4, 0.5) is 5.69 Å². The molecule has 0 aliphatic carbocycles. The summed E-state index contributed by atoms with van der Waals surface area (Å²) < 4.78 is 0.960. The first kappa shape index (κ1) is 17.1. The molecule has 1 aromatic carbocycles. The normalized spacial score (nSPS) is 15.3. The average molecular weight is 408 g/mol. The van der Waals surface area contributed by atoms with Gasteiger partial charge in [0.25, 0.3) is 5.91 Å². The minimum atomic E-state index is -0.0248. The van der Waals surface area contributed by atoms with Gasteiger partial charge in [-0.25, -0.2) is 0 Å². The van der Waals surface area contributed by atoms with Crippen LogP contribution in [0.3, 0.4) is 0 Å². The lowest BCUT2D eigenvalue weighted by Gasteiger charge is -2.34. The summed E-state index contributed by atoms with van der Waals surface area (Å²) in [7, 11) is 0. The minimum Gasteiger partial charge on any atom is -0.335 e. The third-order valence-electron chi connectivity index (χ3n) is 3.87. The third-order valence-corrected chi connectivity index (χ3v) is 5.48. The molecule has 0 spiro atoms. The second-order valence-corrected chi connectivity index (χ2v) is 8.05. The topological polar surface area (TPSA) is 52.7 Å². The summed E-state index contributed by atoms with van der Waals surface area (Å²) in [4.78, 5) is 29.2. The Bertz CT molecular complexity index is 712. The van der Waals surface area contributed by atoms with Gasteiger partial charge in [0.15, 0.2) is 0 Å². The van der Waals surface area contributed by atoms with Crippen molar-refractivity contribution in [1.29, 1.82) is 0 Å².